The van der Waals surface area contributed by atoms with Crippen LogP contribution in [0.15, 0.2) is 36.5 Å². The molecule has 0 bridgehead atoms. The van der Waals surface area contributed by atoms with Crippen molar-refractivity contribution in [2.75, 3.05) is 5.32 Å². The molecule has 1 amide bonds. The summed E-state index contributed by atoms with van der Waals surface area (Å²) in [5.41, 5.74) is 2.20. The highest BCUT2D eigenvalue weighted by Gasteiger charge is 2.07. The van der Waals surface area contributed by atoms with Crippen LogP contribution in [0, 0.1) is 6.92 Å². The lowest BCUT2D eigenvalue weighted by Crippen LogP contribution is -2.10. The Morgan fingerprint density at radius 2 is 2.10 bits per heavy atom. The molecule has 0 radical (unpaired) electrons. The van der Waals surface area contributed by atoms with Crippen molar-refractivity contribution in [3.05, 3.63) is 53.4 Å². The fourth-order valence-corrected chi connectivity index (χ4v) is 1.77. The molecule has 0 spiro atoms. The lowest BCUT2D eigenvalue weighted by atomic mass is 10.1. The molecule has 2 aromatic rings. The third kappa shape index (κ3) is 3.56. The Bertz CT molecular complexity index is 717. The van der Waals surface area contributed by atoms with Crippen LogP contribution in [0.4, 0.5) is 5.69 Å². The monoisotopic (exact) mass is 285 g/mol. The van der Waals surface area contributed by atoms with E-state index in [0.717, 1.165) is 11.3 Å². The molecule has 21 heavy (non-hydrogen) atoms. The number of carboxylic acid groups (broad SMARTS) is 1. The molecule has 6 heteroatoms. The van der Waals surface area contributed by atoms with Gasteiger partial charge in [-0.1, -0.05) is 6.07 Å². The molecule has 0 saturated carbocycles. The maximum atomic E-state index is 11.9. The Labute approximate surface area is 121 Å². The molecule has 0 aliphatic heterocycles. The third-order valence-electron chi connectivity index (χ3n) is 3.01. The smallest absolute Gasteiger partial charge is 0.335 e. The number of aryl methyl sites for hydroxylation is 2. The van der Waals surface area contributed by atoms with E-state index in [-0.39, 0.29) is 11.5 Å². The minimum atomic E-state index is -1.03. The molecule has 0 fully saturated rings. The minimum absolute atomic E-state index is 0.131. The van der Waals surface area contributed by atoms with Crippen molar-refractivity contribution in [1.82, 2.24) is 9.78 Å². The highest BCUT2D eigenvalue weighted by Crippen LogP contribution is 2.17. The highest BCUT2D eigenvalue weighted by molar-refractivity contribution is 6.03. The first-order chi connectivity index (χ1) is 9.97. The predicted octanol–water partition coefficient (Wildman–Crippen LogP) is 2.08. The first-order valence-electron chi connectivity index (χ1n) is 6.28. The number of carboxylic acids is 1. The van der Waals surface area contributed by atoms with E-state index in [2.05, 4.69) is 10.4 Å². The molecule has 2 N–H and O–H groups in total. The van der Waals surface area contributed by atoms with Crippen molar-refractivity contribution in [2.24, 2.45) is 7.05 Å². The predicted molar refractivity (Wildman–Crippen MR) is 79.0 cm³/mol. The SMILES string of the molecule is Cc1ccc(C(=O)O)cc1NC(=O)/C=C/c1ccnn1C. The number of nitrogens with one attached hydrogen (secondary N) is 1. The number of anilines is 1. The van der Waals surface area contributed by atoms with Gasteiger partial charge in [-0.3, -0.25) is 9.48 Å². The van der Waals surface area contributed by atoms with Crippen LogP contribution in [0.2, 0.25) is 0 Å². The Hall–Kier alpha value is -2.89. The molecule has 1 aromatic heterocycles. The van der Waals surface area contributed by atoms with Gasteiger partial charge in [-0.15, -0.1) is 0 Å². The van der Waals surface area contributed by atoms with Crippen molar-refractivity contribution >= 4 is 23.6 Å². The molecule has 0 atom stereocenters. The molecule has 0 unspecified atom stereocenters. The van der Waals surface area contributed by atoms with Gasteiger partial charge in [0.2, 0.25) is 5.91 Å². The number of hydrogen-bond acceptors (Lipinski definition) is 3. The van der Waals surface area contributed by atoms with Crippen molar-refractivity contribution in [3.8, 4) is 0 Å². The Morgan fingerprint density at radius 1 is 1.33 bits per heavy atom. The van der Waals surface area contributed by atoms with E-state index in [1.165, 1.54) is 18.2 Å². The highest BCUT2D eigenvalue weighted by atomic mass is 16.4. The fourth-order valence-electron chi connectivity index (χ4n) is 1.77. The fraction of sp³-hybridized carbons (Fsp3) is 0.133. The number of nitrogens with zero attached hydrogens (tertiary/aromatic N) is 2. The number of carbonyl (C=O) groups is 2. The van der Waals surface area contributed by atoms with E-state index < -0.39 is 5.97 Å². The normalized spacial score (nSPS) is 10.8. The summed E-state index contributed by atoms with van der Waals surface area (Å²) in [6.45, 7) is 1.80. The molecule has 0 aliphatic carbocycles. The molecular formula is C15H15N3O3. The molecule has 6 nitrogen and oxygen atoms in total. The summed E-state index contributed by atoms with van der Waals surface area (Å²) in [7, 11) is 1.78. The summed E-state index contributed by atoms with van der Waals surface area (Å²) in [4.78, 5) is 22.8. The number of rotatable bonds is 4. The van der Waals surface area contributed by atoms with Gasteiger partial charge in [0.15, 0.2) is 0 Å². The molecule has 108 valence electrons. The number of aromatic nitrogens is 2. The topological polar surface area (TPSA) is 84.2 Å². The van der Waals surface area contributed by atoms with E-state index in [0.29, 0.717) is 5.69 Å². The van der Waals surface area contributed by atoms with E-state index in [9.17, 15) is 9.59 Å². The Balaban J connectivity index is 2.13. The summed E-state index contributed by atoms with van der Waals surface area (Å²) >= 11 is 0. The average molecular weight is 285 g/mol. The molecule has 0 aliphatic rings. The van der Waals surface area contributed by atoms with Gasteiger partial charge in [0.05, 0.1) is 11.3 Å². The van der Waals surface area contributed by atoms with Gasteiger partial charge < -0.3 is 10.4 Å². The maximum absolute atomic E-state index is 11.9. The van der Waals surface area contributed by atoms with Crippen molar-refractivity contribution < 1.29 is 14.7 Å². The molecule has 0 saturated heterocycles. The molecule has 1 aromatic carbocycles. The van der Waals surface area contributed by atoms with Crippen LogP contribution >= 0.6 is 0 Å². The van der Waals surface area contributed by atoms with Gasteiger partial charge in [-0.2, -0.15) is 5.10 Å². The Morgan fingerprint density at radius 3 is 2.71 bits per heavy atom. The van der Waals surface area contributed by atoms with E-state index >= 15 is 0 Å². The zero-order chi connectivity index (χ0) is 15.4. The van der Waals surface area contributed by atoms with Gasteiger partial charge in [0.25, 0.3) is 0 Å². The van der Waals surface area contributed by atoms with Gasteiger partial charge >= 0.3 is 5.97 Å². The molecule has 2 rings (SSSR count). The summed E-state index contributed by atoms with van der Waals surface area (Å²) in [5.74, 6) is -1.36. The van der Waals surface area contributed by atoms with E-state index in [1.54, 1.807) is 43.1 Å². The van der Waals surface area contributed by atoms with Crippen molar-refractivity contribution in [1.29, 1.82) is 0 Å². The number of benzene rings is 1. The van der Waals surface area contributed by atoms with Gasteiger partial charge in [-0.05, 0) is 36.8 Å². The van der Waals surface area contributed by atoms with Crippen LogP contribution < -0.4 is 5.32 Å². The second-order valence-corrected chi connectivity index (χ2v) is 4.54. The Kier molecular flexibility index (Phi) is 4.18. The van der Waals surface area contributed by atoms with E-state index in [4.69, 9.17) is 5.11 Å². The number of carbonyl (C=O) groups excluding carboxylic acids is 1. The average Bonchev–Trinajstić information content (AvgIpc) is 2.84. The molecule has 1 heterocycles. The third-order valence-corrected chi connectivity index (χ3v) is 3.01. The maximum Gasteiger partial charge on any atom is 0.335 e. The zero-order valence-electron chi connectivity index (χ0n) is 11.7. The summed E-state index contributed by atoms with van der Waals surface area (Å²) in [5, 5.41) is 15.6. The summed E-state index contributed by atoms with van der Waals surface area (Å²) < 4.78 is 1.64. The second kappa shape index (κ2) is 6.04. The van der Waals surface area contributed by atoms with Crippen LogP contribution in [0.5, 0.6) is 0 Å². The summed E-state index contributed by atoms with van der Waals surface area (Å²) in [6, 6.07) is 6.37. The van der Waals surface area contributed by atoms with Gasteiger partial charge in [-0.25, -0.2) is 4.79 Å². The van der Waals surface area contributed by atoms with Crippen LogP contribution in [0.1, 0.15) is 21.6 Å². The lowest BCUT2D eigenvalue weighted by molar-refractivity contribution is -0.111. The zero-order valence-corrected chi connectivity index (χ0v) is 11.7. The quantitative estimate of drug-likeness (QED) is 0.842. The van der Waals surface area contributed by atoms with E-state index in [1.807, 2.05) is 0 Å². The van der Waals surface area contributed by atoms with Crippen molar-refractivity contribution in [3.63, 3.8) is 0 Å². The first-order valence-corrected chi connectivity index (χ1v) is 6.28. The largest absolute Gasteiger partial charge is 0.478 e. The minimum Gasteiger partial charge on any atom is -0.478 e. The number of aromatic carboxylic acids is 1. The van der Waals surface area contributed by atoms with Crippen molar-refractivity contribution in [2.45, 2.75) is 6.92 Å². The first kappa shape index (κ1) is 14.5. The summed E-state index contributed by atoms with van der Waals surface area (Å²) in [6.07, 6.45) is 4.65. The number of hydrogen-bond donors (Lipinski definition) is 2. The van der Waals surface area contributed by atoms with Crippen LogP contribution in [0.3, 0.4) is 0 Å². The molecular weight excluding hydrogens is 270 g/mol. The van der Waals surface area contributed by atoms with Crippen LogP contribution in [-0.2, 0) is 11.8 Å². The van der Waals surface area contributed by atoms with Crippen LogP contribution in [0.25, 0.3) is 6.08 Å². The van der Waals surface area contributed by atoms with Gasteiger partial charge in [0, 0.05) is 25.0 Å². The number of amides is 1. The standard InChI is InChI=1S/C15H15N3O3/c1-10-3-4-11(15(20)21)9-13(10)17-14(19)6-5-12-7-8-16-18(12)2/h3-9H,1-2H3,(H,17,19)(H,20,21)/b6-5+. The van der Waals surface area contributed by atoms with Gasteiger partial charge in [0.1, 0.15) is 0 Å². The second-order valence-electron chi connectivity index (χ2n) is 4.54. The lowest BCUT2D eigenvalue weighted by Gasteiger charge is -2.07. The van der Waals surface area contributed by atoms with Crippen LogP contribution in [-0.4, -0.2) is 26.8 Å².